The maximum absolute atomic E-state index is 15.0. The fraction of sp³-hybridized carbons (Fsp3) is 0.269. The van der Waals surface area contributed by atoms with Crippen LogP contribution in [0.5, 0.6) is 0 Å². The topological polar surface area (TPSA) is 129 Å². The Morgan fingerprint density at radius 3 is 2.54 bits per heavy atom. The van der Waals surface area contributed by atoms with E-state index in [1.165, 1.54) is 36.5 Å². The Labute approximate surface area is 220 Å². The molecule has 8 nitrogen and oxygen atoms in total. The molecule has 0 aliphatic carbocycles. The minimum Gasteiger partial charge on any atom is -0.394 e. The fourth-order valence-corrected chi connectivity index (χ4v) is 4.67. The third kappa shape index (κ3) is 6.12. The van der Waals surface area contributed by atoms with Gasteiger partial charge in [0.15, 0.2) is 0 Å². The molecule has 0 spiro atoms. The van der Waals surface area contributed by atoms with Crippen LogP contribution in [0, 0.1) is 11.6 Å². The molecule has 0 saturated carbocycles. The van der Waals surface area contributed by atoms with Crippen LogP contribution in [0.4, 0.5) is 14.6 Å². The standard InChI is InChI=1S/C26H25BrF2N4O4/c27-17-7-15(8-18(28)11-17)23(13-34)32-25(36)20-2-1-14(10-22(20)29)21-9-16(12-31-24(21)30)26(37)33-5-3-19(35)4-6-33/h1-2,7-12,19,23,34-35H,3-6,13H2,(H2,30,31)(H,32,36)/t23-/m1/s1. The summed E-state index contributed by atoms with van der Waals surface area (Å²) in [5.74, 6) is -2.40. The van der Waals surface area contributed by atoms with Gasteiger partial charge in [-0.25, -0.2) is 13.8 Å². The highest BCUT2D eigenvalue weighted by Gasteiger charge is 2.24. The van der Waals surface area contributed by atoms with Crippen LogP contribution in [0.3, 0.4) is 0 Å². The molecule has 194 valence electrons. The van der Waals surface area contributed by atoms with E-state index in [2.05, 4.69) is 26.2 Å². The molecule has 37 heavy (non-hydrogen) atoms. The van der Waals surface area contributed by atoms with Gasteiger partial charge in [0.1, 0.15) is 17.5 Å². The molecule has 5 N–H and O–H groups in total. The molecule has 1 aromatic heterocycles. The van der Waals surface area contributed by atoms with Gasteiger partial charge >= 0.3 is 0 Å². The molecule has 1 aliphatic rings. The minimum absolute atomic E-state index is 0.0826. The molecular weight excluding hydrogens is 550 g/mol. The number of pyridine rings is 1. The van der Waals surface area contributed by atoms with Crippen LogP contribution in [-0.4, -0.2) is 57.7 Å². The molecule has 0 bridgehead atoms. The largest absolute Gasteiger partial charge is 0.394 e. The zero-order valence-electron chi connectivity index (χ0n) is 19.6. The number of nitrogens with zero attached hydrogens (tertiary/aromatic N) is 2. The highest BCUT2D eigenvalue weighted by atomic mass is 79.9. The van der Waals surface area contributed by atoms with Crippen LogP contribution < -0.4 is 11.1 Å². The number of likely N-dealkylation sites (tertiary alicyclic amines) is 1. The molecule has 1 aliphatic heterocycles. The number of nitrogens with two attached hydrogens (primary N) is 1. The van der Waals surface area contributed by atoms with Crippen molar-refractivity contribution in [2.45, 2.75) is 25.0 Å². The predicted octanol–water partition coefficient (Wildman–Crippen LogP) is 3.43. The Morgan fingerprint density at radius 2 is 1.89 bits per heavy atom. The van der Waals surface area contributed by atoms with Gasteiger partial charge in [-0.3, -0.25) is 9.59 Å². The number of carbonyl (C=O) groups excluding carboxylic acids is 2. The number of aromatic nitrogens is 1. The molecule has 0 unspecified atom stereocenters. The van der Waals surface area contributed by atoms with Crippen molar-refractivity contribution in [3.05, 3.63) is 81.5 Å². The van der Waals surface area contributed by atoms with Gasteiger partial charge in [0.05, 0.1) is 29.9 Å². The summed E-state index contributed by atoms with van der Waals surface area (Å²) in [6.45, 7) is 0.305. The average Bonchev–Trinajstić information content (AvgIpc) is 2.86. The summed E-state index contributed by atoms with van der Waals surface area (Å²) in [7, 11) is 0. The number of hydrogen-bond acceptors (Lipinski definition) is 6. The van der Waals surface area contributed by atoms with Crippen molar-refractivity contribution >= 4 is 33.6 Å². The smallest absolute Gasteiger partial charge is 0.255 e. The summed E-state index contributed by atoms with van der Waals surface area (Å²) in [5, 5.41) is 21.9. The van der Waals surface area contributed by atoms with Crippen molar-refractivity contribution in [1.29, 1.82) is 0 Å². The molecule has 2 heterocycles. The van der Waals surface area contributed by atoms with E-state index in [4.69, 9.17) is 5.73 Å². The second-order valence-electron chi connectivity index (χ2n) is 8.79. The van der Waals surface area contributed by atoms with E-state index < -0.39 is 36.3 Å². The molecule has 0 radical (unpaired) electrons. The zero-order valence-corrected chi connectivity index (χ0v) is 21.2. The number of aliphatic hydroxyl groups excluding tert-OH is 2. The minimum atomic E-state index is -0.961. The first-order valence-corrected chi connectivity index (χ1v) is 12.4. The summed E-state index contributed by atoms with van der Waals surface area (Å²) < 4.78 is 29.2. The van der Waals surface area contributed by atoms with Crippen LogP contribution in [0.15, 0.2) is 53.1 Å². The lowest BCUT2D eigenvalue weighted by Crippen LogP contribution is -2.40. The highest BCUT2D eigenvalue weighted by molar-refractivity contribution is 9.10. The molecular formula is C26H25BrF2N4O4. The number of rotatable bonds is 6. The summed E-state index contributed by atoms with van der Waals surface area (Å²) >= 11 is 3.16. The van der Waals surface area contributed by atoms with Crippen molar-refractivity contribution < 1.29 is 28.6 Å². The Hall–Kier alpha value is -3.41. The quantitative estimate of drug-likeness (QED) is 0.357. The number of hydrogen-bond donors (Lipinski definition) is 4. The number of nitrogens with one attached hydrogen (secondary N) is 1. The molecule has 4 rings (SSSR count). The van der Waals surface area contributed by atoms with Crippen LogP contribution in [-0.2, 0) is 0 Å². The van der Waals surface area contributed by atoms with Crippen molar-refractivity contribution in [2.24, 2.45) is 0 Å². The van der Waals surface area contributed by atoms with Gasteiger partial charge in [-0.15, -0.1) is 0 Å². The van der Waals surface area contributed by atoms with Gasteiger partial charge in [0, 0.05) is 29.3 Å². The predicted molar refractivity (Wildman–Crippen MR) is 137 cm³/mol. The average molecular weight is 575 g/mol. The molecule has 1 fully saturated rings. The van der Waals surface area contributed by atoms with E-state index in [0.29, 0.717) is 47.1 Å². The van der Waals surface area contributed by atoms with Crippen molar-refractivity contribution in [3.8, 4) is 11.1 Å². The van der Waals surface area contributed by atoms with E-state index in [9.17, 15) is 24.2 Å². The molecule has 11 heteroatoms. The number of amides is 2. The zero-order chi connectivity index (χ0) is 26.7. The van der Waals surface area contributed by atoms with Crippen LogP contribution in [0.1, 0.15) is 45.2 Å². The van der Waals surface area contributed by atoms with E-state index >= 15 is 4.39 Å². The monoisotopic (exact) mass is 574 g/mol. The first-order chi connectivity index (χ1) is 17.7. The first kappa shape index (κ1) is 26.6. The fourth-order valence-electron chi connectivity index (χ4n) is 4.19. The van der Waals surface area contributed by atoms with E-state index in [1.54, 1.807) is 11.0 Å². The molecule has 2 aromatic carbocycles. The van der Waals surface area contributed by atoms with Crippen LogP contribution in [0.2, 0.25) is 0 Å². The van der Waals surface area contributed by atoms with Crippen LogP contribution in [0.25, 0.3) is 11.1 Å². The Kier molecular flexibility index (Phi) is 8.16. The maximum Gasteiger partial charge on any atom is 0.255 e. The lowest BCUT2D eigenvalue weighted by Gasteiger charge is -2.29. The van der Waals surface area contributed by atoms with Gasteiger partial charge < -0.3 is 26.2 Å². The highest BCUT2D eigenvalue weighted by Crippen LogP contribution is 2.28. The number of carbonyl (C=O) groups is 2. The Morgan fingerprint density at radius 1 is 1.16 bits per heavy atom. The van der Waals surface area contributed by atoms with Gasteiger partial charge in [-0.05, 0) is 60.4 Å². The van der Waals surface area contributed by atoms with Crippen LogP contribution >= 0.6 is 15.9 Å². The molecule has 2 amide bonds. The van der Waals surface area contributed by atoms with Gasteiger partial charge in [0.2, 0.25) is 0 Å². The van der Waals surface area contributed by atoms with Crippen molar-refractivity contribution in [2.75, 3.05) is 25.4 Å². The number of anilines is 1. The number of nitrogen functional groups attached to an aromatic ring is 1. The van der Waals surface area contributed by atoms with E-state index in [0.717, 1.165) is 6.07 Å². The Balaban J connectivity index is 1.55. The third-order valence-corrected chi connectivity index (χ3v) is 6.67. The summed E-state index contributed by atoms with van der Waals surface area (Å²) in [6.07, 6.45) is 1.91. The Bertz CT molecular complexity index is 1310. The SMILES string of the molecule is Nc1ncc(C(=O)N2CCC(O)CC2)cc1-c1ccc(C(=O)N[C@H](CO)c2cc(F)cc(Br)c2)c(F)c1. The normalized spacial score (nSPS) is 14.9. The third-order valence-electron chi connectivity index (χ3n) is 6.22. The van der Waals surface area contributed by atoms with Gasteiger partial charge in [0.25, 0.3) is 11.8 Å². The van der Waals surface area contributed by atoms with Crippen molar-refractivity contribution in [3.63, 3.8) is 0 Å². The summed E-state index contributed by atoms with van der Waals surface area (Å²) in [5.41, 5.74) is 6.94. The van der Waals surface area contributed by atoms with Crippen molar-refractivity contribution in [1.82, 2.24) is 15.2 Å². The second kappa shape index (κ2) is 11.3. The molecule has 1 atom stereocenters. The second-order valence-corrected chi connectivity index (χ2v) is 9.70. The van der Waals surface area contributed by atoms with E-state index in [-0.39, 0.29) is 22.9 Å². The number of benzene rings is 2. The number of piperidine rings is 1. The van der Waals surface area contributed by atoms with Gasteiger partial charge in [-0.2, -0.15) is 0 Å². The lowest BCUT2D eigenvalue weighted by atomic mass is 10.0. The number of halogens is 3. The summed E-state index contributed by atoms with van der Waals surface area (Å²) in [4.78, 5) is 31.4. The van der Waals surface area contributed by atoms with Gasteiger partial charge in [-0.1, -0.05) is 22.0 Å². The maximum atomic E-state index is 15.0. The molecule has 3 aromatic rings. The number of aliphatic hydroxyl groups is 2. The van der Waals surface area contributed by atoms with E-state index in [1.807, 2.05) is 0 Å². The summed E-state index contributed by atoms with van der Waals surface area (Å²) in [6, 6.07) is 8.35. The molecule has 1 saturated heterocycles. The first-order valence-electron chi connectivity index (χ1n) is 11.6. The lowest BCUT2D eigenvalue weighted by molar-refractivity contribution is 0.0546.